The zero-order valence-electron chi connectivity index (χ0n) is 12.7. The molecule has 0 aliphatic carbocycles. The lowest BCUT2D eigenvalue weighted by Crippen LogP contribution is -2.23. The van der Waals surface area contributed by atoms with Crippen LogP contribution in [0.25, 0.3) is 0 Å². The Labute approximate surface area is 126 Å². The molecule has 1 saturated heterocycles. The van der Waals surface area contributed by atoms with Gasteiger partial charge in [0.2, 0.25) is 5.88 Å². The summed E-state index contributed by atoms with van der Waals surface area (Å²) in [6.45, 7) is 4.23. The molecule has 1 unspecified atom stereocenters. The normalized spacial score (nSPS) is 18.9. The summed E-state index contributed by atoms with van der Waals surface area (Å²) in [5, 5.41) is 0. The number of hydrogen-bond acceptors (Lipinski definition) is 3. The number of pyridine rings is 1. The van der Waals surface area contributed by atoms with Gasteiger partial charge in [0.15, 0.2) is 0 Å². The molecule has 3 rings (SSSR count). The van der Waals surface area contributed by atoms with Gasteiger partial charge in [0, 0.05) is 24.3 Å². The molecule has 0 amide bonds. The van der Waals surface area contributed by atoms with Gasteiger partial charge in [0.1, 0.15) is 0 Å². The van der Waals surface area contributed by atoms with E-state index in [1.165, 1.54) is 24.0 Å². The van der Waals surface area contributed by atoms with E-state index in [2.05, 4.69) is 53.2 Å². The molecule has 1 fully saturated rings. The van der Waals surface area contributed by atoms with Gasteiger partial charge in [-0.1, -0.05) is 30.3 Å². The molecule has 1 atom stereocenters. The average molecular weight is 282 g/mol. The highest BCUT2D eigenvalue weighted by Gasteiger charge is 2.26. The molecular formula is C18H22N2O. The third-order valence-electron chi connectivity index (χ3n) is 4.22. The highest BCUT2D eigenvalue weighted by Crippen LogP contribution is 2.34. The van der Waals surface area contributed by atoms with Crippen LogP contribution in [0.2, 0.25) is 0 Å². The van der Waals surface area contributed by atoms with Gasteiger partial charge in [-0.2, -0.15) is 0 Å². The Balaban J connectivity index is 1.79. The van der Waals surface area contributed by atoms with E-state index in [0.717, 1.165) is 24.5 Å². The van der Waals surface area contributed by atoms with Gasteiger partial charge in [-0.05, 0) is 43.5 Å². The molecule has 0 spiro atoms. The van der Waals surface area contributed by atoms with Crippen LogP contribution in [0.1, 0.15) is 35.6 Å². The van der Waals surface area contributed by atoms with Crippen molar-refractivity contribution >= 4 is 0 Å². The fraction of sp³-hybridized carbons (Fsp3) is 0.389. The largest absolute Gasteiger partial charge is 0.481 e. The van der Waals surface area contributed by atoms with Crippen LogP contribution in [0.3, 0.4) is 0 Å². The predicted molar refractivity (Wildman–Crippen MR) is 84.4 cm³/mol. The highest BCUT2D eigenvalue weighted by molar-refractivity contribution is 5.30. The zero-order chi connectivity index (χ0) is 14.7. The second-order valence-electron chi connectivity index (χ2n) is 5.71. The van der Waals surface area contributed by atoms with Crippen LogP contribution in [-0.2, 0) is 6.54 Å². The van der Waals surface area contributed by atoms with Crippen molar-refractivity contribution in [2.24, 2.45) is 0 Å². The van der Waals surface area contributed by atoms with Crippen molar-refractivity contribution in [3.8, 4) is 5.88 Å². The lowest BCUT2D eigenvalue weighted by atomic mass is 10.0. The van der Waals surface area contributed by atoms with Gasteiger partial charge in [-0.3, -0.25) is 4.90 Å². The first kappa shape index (κ1) is 14.1. The Morgan fingerprint density at radius 1 is 1.29 bits per heavy atom. The first-order valence-electron chi connectivity index (χ1n) is 7.56. The number of methoxy groups -OCH3 is 1. The molecule has 1 aromatic heterocycles. The van der Waals surface area contributed by atoms with Crippen LogP contribution in [0.15, 0.2) is 42.6 Å². The molecule has 3 heteroatoms. The van der Waals surface area contributed by atoms with Gasteiger partial charge < -0.3 is 4.74 Å². The van der Waals surface area contributed by atoms with E-state index >= 15 is 0 Å². The summed E-state index contributed by atoms with van der Waals surface area (Å²) in [6.07, 6.45) is 4.43. The number of aryl methyl sites for hydroxylation is 1. The summed E-state index contributed by atoms with van der Waals surface area (Å²) in [7, 11) is 1.67. The SMILES string of the molecule is COc1ncc(C2CCCN2Cc2ccccc2)cc1C. The molecule has 1 aliphatic heterocycles. The van der Waals surface area contributed by atoms with Crippen molar-refractivity contribution in [3.05, 3.63) is 59.3 Å². The minimum Gasteiger partial charge on any atom is -0.481 e. The highest BCUT2D eigenvalue weighted by atomic mass is 16.5. The predicted octanol–water partition coefficient (Wildman–Crippen LogP) is 3.74. The Hall–Kier alpha value is -1.87. The number of rotatable bonds is 4. The van der Waals surface area contributed by atoms with Gasteiger partial charge in [0.25, 0.3) is 0 Å². The van der Waals surface area contributed by atoms with Gasteiger partial charge in [-0.15, -0.1) is 0 Å². The lowest BCUT2D eigenvalue weighted by Gasteiger charge is -2.25. The molecule has 2 heterocycles. The molecule has 2 aromatic rings. The smallest absolute Gasteiger partial charge is 0.215 e. The van der Waals surface area contributed by atoms with Crippen molar-refractivity contribution in [1.82, 2.24) is 9.88 Å². The summed E-state index contributed by atoms with van der Waals surface area (Å²) < 4.78 is 5.26. The monoisotopic (exact) mass is 282 g/mol. The van der Waals surface area contributed by atoms with Crippen molar-refractivity contribution in [3.63, 3.8) is 0 Å². The van der Waals surface area contributed by atoms with E-state index in [9.17, 15) is 0 Å². The molecular weight excluding hydrogens is 260 g/mol. The summed E-state index contributed by atoms with van der Waals surface area (Å²) in [4.78, 5) is 6.99. The number of likely N-dealkylation sites (tertiary alicyclic amines) is 1. The van der Waals surface area contributed by atoms with E-state index in [0.29, 0.717) is 6.04 Å². The van der Waals surface area contributed by atoms with Gasteiger partial charge >= 0.3 is 0 Å². The number of benzene rings is 1. The summed E-state index contributed by atoms with van der Waals surface area (Å²) >= 11 is 0. The van der Waals surface area contributed by atoms with E-state index in [4.69, 9.17) is 4.74 Å². The molecule has 3 nitrogen and oxygen atoms in total. The van der Waals surface area contributed by atoms with E-state index in [1.54, 1.807) is 7.11 Å². The van der Waals surface area contributed by atoms with Crippen LogP contribution in [0.5, 0.6) is 5.88 Å². The van der Waals surface area contributed by atoms with Gasteiger partial charge in [0.05, 0.1) is 7.11 Å². The first-order valence-corrected chi connectivity index (χ1v) is 7.56. The fourth-order valence-corrected chi connectivity index (χ4v) is 3.19. The number of aromatic nitrogens is 1. The molecule has 0 saturated carbocycles. The molecule has 0 bridgehead atoms. The second-order valence-corrected chi connectivity index (χ2v) is 5.71. The summed E-state index contributed by atoms with van der Waals surface area (Å²) in [5.74, 6) is 0.728. The van der Waals surface area contributed by atoms with E-state index in [1.807, 2.05) is 6.20 Å². The van der Waals surface area contributed by atoms with Crippen molar-refractivity contribution in [1.29, 1.82) is 0 Å². The van der Waals surface area contributed by atoms with Crippen molar-refractivity contribution < 1.29 is 4.74 Å². The quantitative estimate of drug-likeness (QED) is 0.854. The zero-order valence-corrected chi connectivity index (χ0v) is 12.7. The Bertz CT molecular complexity index is 597. The Morgan fingerprint density at radius 3 is 2.81 bits per heavy atom. The standard InChI is InChI=1S/C18H22N2O/c1-14-11-16(12-19-18(14)21-2)17-9-6-10-20(17)13-15-7-4-3-5-8-15/h3-5,7-8,11-12,17H,6,9-10,13H2,1-2H3. The number of nitrogens with zero attached hydrogens (tertiary/aromatic N) is 2. The van der Waals surface area contributed by atoms with Crippen LogP contribution < -0.4 is 4.74 Å². The Morgan fingerprint density at radius 2 is 2.10 bits per heavy atom. The first-order chi connectivity index (χ1) is 10.3. The lowest BCUT2D eigenvalue weighted by molar-refractivity contribution is 0.248. The van der Waals surface area contributed by atoms with Crippen molar-refractivity contribution in [2.45, 2.75) is 32.4 Å². The maximum Gasteiger partial charge on any atom is 0.215 e. The molecule has 21 heavy (non-hydrogen) atoms. The van der Waals surface area contributed by atoms with Crippen LogP contribution in [0, 0.1) is 6.92 Å². The maximum absolute atomic E-state index is 5.26. The molecule has 1 aromatic carbocycles. The summed E-state index contributed by atoms with van der Waals surface area (Å²) in [6, 6.07) is 13.4. The Kier molecular flexibility index (Phi) is 4.20. The average Bonchev–Trinajstić information content (AvgIpc) is 2.96. The molecule has 0 N–H and O–H groups in total. The minimum absolute atomic E-state index is 0.474. The third-order valence-corrected chi connectivity index (χ3v) is 4.22. The summed E-state index contributed by atoms with van der Waals surface area (Å²) in [5.41, 5.74) is 3.80. The van der Waals surface area contributed by atoms with Crippen LogP contribution in [-0.4, -0.2) is 23.5 Å². The number of ether oxygens (including phenoxy) is 1. The second kappa shape index (κ2) is 6.27. The van der Waals surface area contributed by atoms with E-state index in [-0.39, 0.29) is 0 Å². The number of hydrogen-bond donors (Lipinski definition) is 0. The van der Waals surface area contributed by atoms with Crippen LogP contribution >= 0.6 is 0 Å². The molecule has 110 valence electrons. The third kappa shape index (κ3) is 3.08. The fourth-order valence-electron chi connectivity index (χ4n) is 3.19. The molecule has 0 radical (unpaired) electrons. The minimum atomic E-state index is 0.474. The van der Waals surface area contributed by atoms with Crippen LogP contribution in [0.4, 0.5) is 0 Å². The van der Waals surface area contributed by atoms with E-state index < -0.39 is 0 Å². The molecule has 1 aliphatic rings. The topological polar surface area (TPSA) is 25.4 Å². The maximum atomic E-state index is 5.26. The van der Waals surface area contributed by atoms with Gasteiger partial charge in [-0.25, -0.2) is 4.98 Å². The van der Waals surface area contributed by atoms with Crippen molar-refractivity contribution in [2.75, 3.05) is 13.7 Å².